The van der Waals surface area contributed by atoms with E-state index in [1.807, 2.05) is 49.4 Å². The lowest BCUT2D eigenvalue weighted by Gasteiger charge is -2.35. The third-order valence-corrected chi connectivity index (χ3v) is 13.0. The summed E-state index contributed by atoms with van der Waals surface area (Å²) in [4.78, 5) is 62.3. The predicted octanol–water partition coefficient (Wildman–Crippen LogP) is 4.57. The number of sulfonamides is 1. The van der Waals surface area contributed by atoms with Gasteiger partial charge in [-0.2, -0.15) is 0 Å². The third kappa shape index (κ3) is 8.87. The van der Waals surface area contributed by atoms with Crippen LogP contribution in [0.1, 0.15) is 70.1 Å². The van der Waals surface area contributed by atoms with E-state index in [1.165, 1.54) is 11.0 Å². The number of hydrogen-bond acceptors (Lipinski definition) is 11. The fourth-order valence-corrected chi connectivity index (χ4v) is 9.00. The van der Waals surface area contributed by atoms with Gasteiger partial charge in [0.25, 0.3) is 5.91 Å². The molecule has 0 radical (unpaired) electrons. The van der Waals surface area contributed by atoms with Crippen LogP contribution in [0.15, 0.2) is 61.2 Å². The summed E-state index contributed by atoms with van der Waals surface area (Å²) in [6.45, 7) is 11.2. The molecule has 3 aromatic rings. The van der Waals surface area contributed by atoms with Crippen molar-refractivity contribution in [3.05, 3.63) is 77.9 Å². The van der Waals surface area contributed by atoms with E-state index in [2.05, 4.69) is 21.9 Å². The number of hydrogen-bond donors (Lipinski definition) is 3. The van der Waals surface area contributed by atoms with Gasteiger partial charge < -0.3 is 34.5 Å². The molecule has 314 valence electrons. The number of benzene rings is 2. The number of aromatic nitrogens is 1. The molecule has 3 N–H and O–H groups in total. The minimum Gasteiger partial charge on any atom is -0.496 e. The van der Waals surface area contributed by atoms with Crippen LogP contribution in [-0.2, 0) is 42.2 Å². The molecule has 4 amide bonds. The fraction of sp³-hybridized carbons (Fsp3) is 0.465. The molecule has 2 aromatic carbocycles. The van der Waals surface area contributed by atoms with Gasteiger partial charge in [-0.25, -0.2) is 18.2 Å². The molecule has 16 heteroatoms. The molecule has 6 bridgehead atoms. The monoisotopic (exact) mass is 829 g/mol. The van der Waals surface area contributed by atoms with Crippen molar-refractivity contribution >= 4 is 50.8 Å². The maximum Gasteiger partial charge on any atom is 0.408 e. The molecule has 5 aliphatic rings. The number of methoxy groups -OCH3 is 1. The van der Waals surface area contributed by atoms with Gasteiger partial charge in [0.15, 0.2) is 0 Å². The highest BCUT2D eigenvalue weighted by Gasteiger charge is 2.62. The molecule has 5 atom stereocenters. The largest absolute Gasteiger partial charge is 0.496 e. The summed E-state index contributed by atoms with van der Waals surface area (Å²) in [6.07, 6.45) is 5.47. The zero-order chi connectivity index (χ0) is 42.3. The second kappa shape index (κ2) is 16.2. The molecule has 1 aromatic heterocycles. The highest BCUT2D eigenvalue weighted by molar-refractivity contribution is 7.91. The van der Waals surface area contributed by atoms with Gasteiger partial charge in [-0.1, -0.05) is 63.3 Å². The zero-order valence-electron chi connectivity index (χ0n) is 33.9. The number of rotatable bonds is 9. The normalized spacial score (nSPS) is 25.2. The van der Waals surface area contributed by atoms with Gasteiger partial charge in [0.05, 0.1) is 31.0 Å². The van der Waals surface area contributed by atoms with Gasteiger partial charge in [-0.15, -0.1) is 6.58 Å². The highest BCUT2D eigenvalue weighted by Crippen LogP contribution is 2.46. The van der Waals surface area contributed by atoms with Gasteiger partial charge in [0.1, 0.15) is 41.8 Å². The molecular formula is C43H51N5O10S. The second-order valence-electron chi connectivity index (χ2n) is 16.6. The van der Waals surface area contributed by atoms with Crippen molar-refractivity contribution in [3.63, 3.8) is 0 Å². The Bertz CT molecular complexity index is 2300. The molecule has 3 aliphatic heterocycles. The van der Waals surface area contributed by atoms with E-state index in [1.54, 1.807) is 40.0 Å². The van der Waals surface area contributed by atoms with E-state index in [0.717, 1.165) is 16.7 Å². The first kappa shape index (κ1) is 41.5. The maximum atomic E-state index is 14.8. The molecule has 15 nitrogen and oxygen atoms in total. The quantitative estimate of drug-likeness (QED) is 0.256. The Morgan fingerprint density at radius 2 is 1.85 bits per heavy atom. The molecule has 0 spiro atoms. The predicted molar refractivity (Wildman–Crippen MR) is 219 cm³/mol. The van der Waals surface area contributed by atoms with Crippen LogP contribution < -0.4 is 29.6 Å². The lowest BCUT2D eigenvalue weighted by molar-refractivity contribution is -0.142. The van der Waals surface area contributed by atoms with E-state index in [9.17, 15) is 27.6 Å². The molecular weight excluding hydrogens is 779 g/mol. The SMILES string of the molecule is C=C[C@H]1C[C@@]1(NC(=O)[C@@H]1C[C@@H]2CN1C(=O)[C@H](C(C)(C)C)NC(=O)OCc1ccc(cc1)C/C=C/c1cc3c(cc(OCC)nc3cc1OC)O2)C(=O)NS(=O)(=O)C1CC1. The van der Waals surface area contributed by atoms with Crippen LogP contribution in [0.25, 0.3) is 17.0 Å². The summed E-state index contributed by atoms with van der Waals surface area (Å²) in [5.41, 5.74) is 0.632. The first-order valence-electron chi connectivity index (χ1n) is 19.9. The molecule has 59 heavy (non-hydrogen) atoms. The Kier molecular flexibility index (Phi) is 11.4. The van der Waals surface area contributed by atoms with Crippen molar-refractivity contribution in [1.29, 1.82) is 0 Å². The molecule has 8 rings (SSSR count). The number of allylic oxidation sites excluding steroid dienone is 1. The number of carbonyl (C=O) groups is 4. The summed E-state index contributed by atoms with van der Waals surface area (Å²) in [5.74, 6) is -1.41. The van der Waals surface area contributed by atoms with Crippen LogP contribution in [0, 0.1) is 11.3 Å². The van der Waals surface area contributed by atoms with Gasteiger partial charge >= 0.3 is 6.09 Å². The van der Waals surface area contributed by atoms with E-state index < -0.39 is 74.1 Å². The smallest absolute Gasteiger partial charge is 0.408 e. The number of ether oxygens (including phenoxy) is 4. The Hall–Kier alpha value is -5.64. The minimum absolute atomic E-state index is 0.0119. The maximum absolute atomic E-state index is 14.8. The Morgan fingerprint density at radius 1 is 1.12 bits per heavy atom. The average Bonchev–Trinajstić information content (AvgIpc) is 4.12. The lowest BCUT2D eigenvalue weighted by atomic mass is 9.85. The van der Waals surface area contributed by atoms with E-state index >= 15 is 0 Å². The van der Waals surface area contributed by atoms with Crippen molar-refractivity contribution in [1.82, 2.24) is 25.2 Å². The highest BCUT2D eigenvalue weighted by atomic mass is 32.2. The van der Waals surface area contributed by atoms with Crippen molar-refractivity contribution in [2.45, 2.75) is 95.4 Å². The van der Waals surface area contributed by atoms with Crippen LogP contribution in [0.3, 0.4) is 0 Å². The zero-order valence-corrected chi connectivity index (χ0v) is 34.7. The topological polar surface area (TPSA) is 192 Å². The Labute approximate surface area is 343 Å². The number of pyridine rings is 1. The Morgan fingerprint density at radius 3 is 2.49 bits per heavy atom. The lowest BCUT2D eigenvalue weighted by Crippen LogP contribution is -2.60. The van der Waals surface area contributed by atoms with Gasteiger partial charge in [-0.05, 0) is 55.2 Å². The molecule has 4 heterocycles. The van der Waals surface area contributed by atoms with Crippen LogP contribution in [0.5, 0.6) is 17.4 Å². The van der Waals surface area contributed by atoms with E-state index in [0.29, 0.717) is 54.2 Å². The first-order valence-corrected chi connectivity index (χ1v) is 21.4. The average molecular weight is 830 g/mol. The van der Waals surface area contributed by atoms with Gasteiger partial charge in [0, 0.05) is 35.4 Å². The van der Waals surface area contributed by atoms with Crippen molar-refractivity contribution in [3.8, 4) is 17.4 Å². The molecule has 1 saturated heterocycles. The molecule has 0 unspecified atom stereocenters. The van der Waals surface area contributed by atoms with E-state index in [4.69, 9.17) is 23.9 Å². The summed E-state index contributed by atoms with van der Waals surface area (Å²) in [6, 6.07) is 10.6. The van der Waals surface area contributed by atoms with Crippen LogP contribution in [0.2, 0.25) is 0 Å². The number of carbonyl (C=O) groups excluding carboxylic acids is 4. The Balaban J connectivity index is 1.28. The van der Waals surface area contributed by atoms with E-state index in [-0.39, 0.29) is 26.0 Å². The van der Waals surface area contributed by atoms with Crippen LogP contribution >= 0.6 is 0 Å². The standard InChI is InChI=1S/C43H51N5O10S/c1-7-28-22-43(28,40(51)47-59(53,54)30-16-17-30)46-38(49)33-19-29-23-48(33)39(50)37(42(3,4)5)45-41(52)57-24-26-14-12-25(13-15-26)10-9-11-27-18-31-32(20-34(27)55-6)44-36(56-8-2)21-35(31)58-29/h7,9,11-15,18,20-21,28-30,33,37H,1,8,10,16-17,19,22-24H2,2-6H3,(H,45,52)(H,46,49)(H,47,51)/b11-9+/t28-,29+,33-,37+,43-/m0/s1. The number of nitrogens with zero attached hydrogens (tertiary/aromatic N) is 2. The summed E-state index contributed by atoms with van der Waals surface area (Å²) < 4.78 is 51.6. The summed E-state index contributed by atoms with van der Waals surface area (Å²) >= 11 is 0. The first-order chi connectivity index (χ1) is 28.0. The van der Waals surface area contributed by atoms with Gasteiger partial charge in [-0.3, -0.25) is 19.1 Å². The number of nitrogens with one attached hydrogen (secondary N) is 3. The van der Waals surface area contributed by atoms with Crippen molar-refractivity contribution < 1.29 is 46.5 Å². The molecule has 2 saturated carbocycles. The summed E-state index contributed by atoms with van der Waals surface area (Å²) in [7, 11) is -2.35. The van der Waals surface area contributed by atoms with Crippen molar-refractivity contribution in [2.75, 3.05) is 20.3 Å². The second-order valence-corrected chi connectivity index (χ2v) is 18.6. The van der Waals surface area contributed by atoms with Crippen LogP contribution in [0.4, 0.5) is 4.79 Å². The number of alkyl carbamates (subject to hydrolysis) is 1. The summed E-state index contributed by atoms with van der Waals surface area (Å²) in [5, 5.41) is 5.53. The third-order valence-electron chi connectivity index (χ3n) is 11.2. The fourth-order valence-electron chi connectivity index (χ4n) is 7.63. The van der Waals surface area contributed by atoms with Crippen molar-refractivity contribution in [2.24, 2.45) is 11.3 Å². The number of amides is 4. The van der Waals surface area contributed by atoms with Gasteiger partial charge in [0.2, 0.25) is 27.7 Å². The minimum atomic E-state index is -3.93. The van der Waals surface area contributed by atoms with Crippen LogP contribution in [-0.4, -0.2) is 91.4 Å². The molecule has 3 fully saturated rings. The number of fused-ring (bicyclic) bond motifs is 8. The molecule has 2 aliphatic carbocycles.